The van der Waals surface area contributed by atoms with Crippen molar-refractivity contribution in [3.05, 3.63) is 53.6 Å². The molecule has 4 aliphatic rings. The first-order valence-electron chi connectivity index (χ1n) is 13.3. The van der Waals surface area contributed by atoms with Gasteiger partial charge in [0.05, 0.1) is 11.5 Å². The quantitative estimate of drug-likeness (QED) is 0.279. The van der Waals surface area contributed by atoms with E-state index in [-0.39, 0.29) is 25.7 Å². The fraction of sp³-hybridized carbons (Fsp3) is 0.600. The van der Waals surface area contributed by atoms with E-state index >= 15 is 0 Å². The first-order valence-corrected chi connectivity index (χ1v) is 13.3. The summed E-state index contributed by atoms with van der Waals surface area (Å²) in [6.07, 6.45) is 5.37. The van der Waals surface area contributed by atoms with E-state index in [0.717, 1.165) is 11.1 Å². The maximum Gasteiger partial charge on any atom is 0.331 e. The van der Waals surface area contributed by atoms with Crippen LogP contribution in [0.25, 0.3) is 6.08 Å². The molecule has 0 aromatic heterocycles. The highest BCUT2D eigenvalue weighted by Gasteiger charge is 2.81. The lowest BCUT2D eigenvalue weighted by molar-refractivity contribution is -0.314. The molecule has 1 aromatic rings. The van der Waals surface area contributed by atoms with Gasteiger partial charge in [-0.15, -0.1) is 0 Å². The Bertz CT molecular complexity index is 1160. The predicted molar refractivity (Wildman–Crippen MR) is 137 cm³/mol. The smallest absolute Gasteiger partial charge is 0.331 e. The number of benzene rings is 1. The van der Waals surface area contributed by atoms with Crippen LogP contribution in [-0.4, -0.2) is 61.2 Å². The van der Waals surface area contributed by atoms with Crippen molar-refractivity contribution in [1.29, 1.82) is 0 Å². The Morgan fingerprint density at radius 3 is 2.43 bits per heavy atom. The van der Waals surface area contributed by atoms with Gasteiger partial charge in [-0.25, -0.2) is 4.79 Å². The monoisotopic (exact) mass is 510 g/mol. The number of carbonyl (C=O) groups excluding carboxylic acids is 2. The Kier molecular flexibility index (Phi) is 6.11. The van der Waals surface area contributed by atoms with Crippen molar-refractivity contribution in [3.63, 3.8) is 0 Å². The topological polar surface area (TPSA) is 124 Å². The fourth-order valence-corrected chi connectivity index (χ4v) is 8.28. The molecule has 0 aliphatic heterocycles. The normalized spacial score (nSPS) is 44.9. The van der Waals surface area contributed by atoms with Crippen LogP contribution in [0.15, 0.2) is 48.1 Å². The third-order valence-electron chi connectivity index (χ3n) is 10.6. The lowest BCUT2D eigenvalue weighted by Gasteiger charge is -2.67. The molecule has 200 valence electrons. The van der Waals surface area contributed by atoms with Crippen LogP contribution < -0.4 is 0 Å². The highest BCUT2D eigenvalue weighted by molar-refractivity contribution is 5.88. The summed E-state index contributed by atoms with van der Waals surface area (Å²) in [5.74, 6) is -1.65. The number of esters is 1. The summed E-state index contributed by atoms with van der Waals surface area (Å²) in [7, 11) is 0. The highest BCUT2D eigenvalue weighted by Crippen LogP contribution is 2.70. The van der Waals surface area contributed by atoms with Crippen LogP contribution in [0.2, 0.25) is 0 Å². The molecule has 0 spiro atoms. The largest absolute Gasteiger partial charge is 0.458 e. The predicted octanol–water partition coefficient (Wildman–Crippen LogP) is 3.10. The fourth-order valence-electron chi connectivity index (χ4n) is 8.28. The minimum atomic E-state index is -1.97. The van der Waals surface area contributed by atoms with E-state index in [1.165, 1.54) is 13.0 Å². The van der Waals surface area contributed by atoms with Crippen molar-refractivity contribution in [2.45, 2.75) is 94.7 Å². The van der Waals surface area contributed by atoms with Crippen LogP contribution in [0.3, 0.4) is 0 Å². The molecule has 37 heavy (non-hydrogen) atoms. The third-order valence-corrected chi connectivity index (χ3v) is 10.6. The summed E-state index contributed by atoms with van der Waals surface area (Å²) in [6.45, 7) is 4.91. The second kappa shape index (κ2) is 8.60. The van der Waals surface area contributed by atoms with Crippen LogP contribution in [0.1, 0.15) is 71.3 Å². The zero-order chi connectivity index (χ0) is 26.9. The molecule has 0 radical (unpaired) electrons. The lowest BCUT2D eigenvalue weighted by Crippen LogP contribution is -2.78. The summed E-state index contributed by atoms with van der Waals surface area (Å²) in [6, 6.07) is 9.29. The Balaban J connectivity index is 1.58. The van der Waals surface area contributed by atoms with Crippen LogP contribution >= 0.6 is 0 Å². The third kappa shape index (κ3) is 3.47. The van der Waals surface area contributed by atoms with Gasteiger partial charge in [0.15, 0.2) is 5.78 Å². The SMILES string of the molecule is CC(=O)[C@]1(O)CC[C@@]2(O)[C@]1(C)[C@H](OC(=O)C=Cc1ccccc1)C[C@@H]1[C@@]3(C)CC[C@H](O)CC3=CC[C@]12O. The van der Waals surface area contributed by atoms with Crippen molar-refractivity contribution >= 4 is 17.8 Å². The number of fused-ring (bicyclic) bond motifs is 5. The number of hydrogen-bond acceptors (Lipinski definition) is 7. The molecule has 7 heteroatoms. The van der Waals surface area contributed by atoms with E-state index in [1.807, 2.05) is 43.3 Å². The Morgan fingerprint density at radius 1 is 1.05 bits per heavy atom. The molecule has 0 bridgehead atoms. The van der Waals surface area contributed by atoms with Crippen LogP contribution in [0, 0.1) is 16.7 Å². The van der Waals surface area contributed by atoms with Crippen molar-refractivity contribution in [1.82, 2.24) is 0 Å². The summed E-state index contributed by atoms with van der Waals surface area (Å²) >= 11 is 0. The molecule has 4 N–H and O–H groups in total. The number of rotatable bonds is 4. The molecule has 0 unspecified atom stereocenters. The number of carbonyl (C=O) groups is 2. The van der Waals surface area contributed by atoms with E-state index in [4.69, 9.17) is 4.74 Å². The van der Waals surface area contributed by atoms with Crippen LogP contribution in [0.5, 0.6) is 0 Å². The average Bonchev–Trinajstić information content (AvgIpc) is 3.10. The Morgan fingerprint density at radius 2 is 1.76 bits per heavy atom. The van der Waals surface area contributed by atoms with E-state index in [9.17, 15) is 30.0 Å². The standard InChI is InChI=1S/C30H38O7/c1-19(31)28(34)15-16-30(36)27(28,3)24(37-25(33)10-9-20-7-5-4-6-8-20)18-23-26(2)13-12-22(32)17-21(26)11-14-29(23,30)35/h4-11,22-24,32,34-36H,12-18H2,1-3H3/t22-,23+,24+,26-,27+,28+,29-,30+/m0/s1. The maximum atomic E-state index is 13.1. The zero-order valence-corrected chi connectivity index (χ0v) is 21.8. The molecule has 3 fully saturated rings. The molecular weight excluding hydrogens is 472 g/mol. The molecular formula is C30H38O7. The average molecular weight is 511 g/mol. The van der Waals surface area contributed by atoms with Gasteiger partial charge < -0.3 is 25.2 Å². The summed E-state index contributed by atoms with van der Waals surface area (Å²) in [5, 5.41) is 46.8. The number of ether oxygens (including phenoxy) is 1. The van der Waals surface area contributed by atoms with Gasteiger partial charge in [0.1, 0.15) is 22.9 Å². The maximum absolute atomic E-state index is 13.1. The zero-order valence-electron chi connectivity index (χ0n) is 21.8. The number of ketones is 1. The van der Waals surface area contributed by atoms with Gasteiger partial charge in [0.25, 0.3) is 0 Å². The van der Waals surface area contributed by atoms with Crippen molar-refractivity contribution in [2.24, 2.45) is 16.7 Å². The first-order chi connectivity index (χ1) is 17.3. The Hall–Kier alpha value is -2.32. The van der Waals surface area contributed by atoms with Gasteiger partial charge in [-0.1, -0.05) is 48.9 Å². The lowest BCUT2D eigenvalue weighted by atomic mass is 9.42. The second-order valence-corrected chi connectivity index (χ2v) is 12.1. The minimum absolute atomic E-state index is 0.00234. The van der Waals surface area contributed by atoms with Crippen molar-refractivity contribution < 1.29 is 34.8 Å². The number of aliphatic hydroxyl groups excluding tert-OH is 1. The van der Waals surface area contributed by atoms with E-state index in [1.54, 1.807) is 13.0 Å². The molecule has 3 saturated carbocycles. The molecule has 0 saturated heterocycles. The molecule has 5 rings (SSSR count). The van der Waals surface area contributed by atoms with Gasteiger partial charge in [0, 0.05) is 12.0 Å². The Labute approximate surface area is 217 Å². The van der Waals surface area contributed by atoms with E-state index in [0.29, 0.717) is 19.3 Å². The van der Waals surface area contributed by atoms with Gasteiger partial charge in [-0.3, -0.25) is 4.79 Å². The van der Waals surface area contributed by atoms with Gasteiger partial charge in [0.2, 0.25) is 0 Å². The molecule has 0 heterocycles. The summed E-state index contributed by atoms with van der Waals surface area (Å²) in [5.41, 5.74) is -5.76. The van der Waals surface area contributed by atoms with Gasteiger partial charge >= 0.3 is 5.97 Å². The minimum Gasteiger partial charge on any atom is -0.458 e. The summed E-state index contributed by atoms with van der Waals surface area (Å²) in [4.78, 5) is 25.9. The highest BCUT2D eigenvalue weighted by atomic mass is 16.5. The van der Waals surface area contributed by atoms with Crippen LogP contribution in [0.4, 0.5) is 0 Å². The molecule has 8 atom stereocenters. The summed E-state index contributed by atoms with van der Waals surface area (Å²) < 4.78 is 6.00. The molecule has 1 aromatic carbocycles. The van der Waals surface area contributed by atoms with Crippen molar-refractivity contribution in [2.75, 3.05) is 0 Å². The molecule has 4 aliphatic carbocycles. The number of Topliss-reactive ketones (excluding diaryl/α,β-unsaturated/α-hetero) is 1. The number of hydrogen-bond donors (Lipinski definition) is 4. The van der Waals surface area contributed by atoms with Gasteiger partial charge in [-0.2, -0.15) is 0 Å². The van der Waals surface area contributed by atoms with E-state index in [2.05, 4.69) is 0 Å². The first kappa shape index (κ1) is 26.3. The van der Waals surface area contributed by atoms with E-state index < -0.39 is 57.5 Å². The van der Waals surface area contributed by atoms with Gasteiger partial charge in [-0.05, 0) is 75.8 Å². The number of aliphatic hydroxyl groups is 4. The molecule has 0 amide bonds. The van der Waals surface area contributed by atoms with Crippen LogP contribution in [-0.2, 0) is 14.3 Å². The molecule has 7 nitrogen and oxygen atoms in total. The second-order valence-electron chi connectivity index (χ2n) is 12.1. The van der Waals surface area contributed by atoms with Crippen molar-refractivity contribution in [3.8, 4) is 0 Å².